The highest BCUT2D eigenvalue weighted by Crippen LogP contribution is 2.23. The normalized spacial score (nSPS) is 13.7. The molecule has 0 amide bonds. The van der Waals surface area contributed by atoms with Crippen LogP contribution in [0.2, 0.25) is 0 Å². The summed E-state index contributed by atoms with van der Waals surface area (Å²) in [4.78, 5) is 11.0. The monoisotopic (exact) mass is 271 g/mol. The number of hydrogen-bond acceptors (Lipinski definition) is 3. The second-order valence-corrected chi connectivity index (χ2v) is 4.64. The minimum Gasteiger partial charge on any atom is -0.366 e. The van der Waals surface area contributed by atoms with Gasteiger partial charge >= 0.3 is 0 Å². The van der Waals surface area contributed by atoms with Crippen molar-refractivity contribution in [3.05, 3.63) is 81.9 Å². The minimum absolute atomic E-state index is 0.287. The first-order valence-electron chi connectivity index (χ1n) is 6.52. The lowest BCUT2D eigenvalue weighted by atomic mass is 10.0. The van der Waals surface area contributed by atoms with Crippen molar-refractivity contribution in [3.63, 3.8) is 0 Å². The van der Waals surface area contributed by atoms with E-state index in [1.807, 2.05) is 36.4 Å². The van der Waals surface area contributed by atoms with Crippen LogP contribution in [0.15, 0.2) is 60.7 Å². The summed E-state index contributed by atoms with van der Waals surface area (Å²) in [5.74, 6) is 0. The van der Waals surface area contributed by atoms with Gasteiger partial charge in [0.25, 0.3) is 6.04 Å². The lowest BCUT2D eigenvalue weighted by molar-refractivity contribution is -0.541. The molecule has 2 aromatic carbocycles. The van der Waals surface area contributed by atoms with Gasteiger partial charge < -0.3 is 4.74 Å². The second-order valence-electron chi connectivity index (χ2n) is 4.64. The molecule has 0 spiro atoms. The molecule has 0 aromatic heterocycles. The van der Waals surface area contributed by atoms with E-state index in [1.165, 1.54) is 0 Å². The van der Waals surface area contributed by atoms with E-state index in [0.29, 0.717) is 12.2 Å². The average Bonchev–Trinajstić information content (AvgIpc) is 2.47. The van der Waals surface area contributed by atoms with Crippen LogP contribution >= 0.6 is 0 Å². The van der Waals surface area contributed by atoms with Crippen molar-refractivity contribution in [1.29, 1.82) is 0 Å². The molecule has 0 radical (unpaired) electrons. The van der Waals surface area contributed by atoms with Gasteiger partial charge in [-0.3, -0.25) is 10.1 Å². The molecule has 4 heteroatoms. The topological polar surface area (TPSA) is 52.4 Å². The molecule has 0 bridgehead atoms. The number of ether oxygens (including phenoxy) is 1. The fourth-order valence-corrected chi connectivity index (χ4v) is 2.11. The quantitative estimate of drug-likeness (QED) is 0.595. The predicted octanol–water partition coefficient (Wildman–Crippen LogP) is 3.61. The molecule has 0 aliphatic rings. The van der Waals surface area contributed by atoms with E-state index in [4.69, 9.17) is 4.74 Å². The Morgan fingerprint density at radius 3 is 2.15 bits per heavy atom. The number of rotatable bonds is 6. The Hall–Kier alpha value is -2.20. The zero-order chi connectivity index (χ0) is 14.4. The van der Waals surface area contributed by atoms with E-state index < -0.39 is 12.1 Å². The van der Waals surface area contributed by atoms with Crippen LogP contribution in [0.1, 0.15) is 24.1 Å². The molecule has 0 heterocycles. The molecular formula is C16H17NO3. The number of benzene rings is 2. The summed E-state index contributed by atoms with van der Waals surface area (Å²) in [6.45, 7) is 2.11. The standard InChI is InChI=1S/C16H17NO3/c1-13(20-12-14-8-4-2-5-9-14)16(17(18)19)15-10-6-3-7-11-15/h2-11,13,16H,12H2,1H3. The summed E-state index contributed by atoms with van der Waals surface area (Å²) in [5.41, 5.74) is 1.67. The SMILES string of the molecule is CC(OCc1ccccc1)C(c1ccccc1)[N+](=O)[O-]. The molecule has 0 N–H and O–H groups in total. The Morgan fingerprint density at radius 1 is 1.05 bits per heavy atom. The van der Waals surface area contributed by atoms with Gasteiger partial charge in [-0.25, -0.2) is 0 Å². The van der Waals surface area contributed by atoms with E-state index in [2.05, 4.69) is 0 Å². The van der Waals surface area contributed by atoms with Crippen molar-refractivity contribution in [3.8, 4) is 0 Å². The Kier molecular flexibility index (Phi) is 4.85. The van der Waals surface area contributed by atoms with E-state index >= 15 is 0 Å². The molecule has 2 atom stereocenters. The van der Waals surface area contributed by atoms with Crippen LogP contribution in [0.4, 0.5) is 0 Å². The van der Waals surface area contributed by atoms with Crippen LogP contribution in [0, 0.1) is 10.1 Å². The molecule has 0 saturated heterocycles. The lowest BCUT2D eigenvalue weighted by Crippen LogP contribution is -2.25. The van der Waals surface area contributed by atoms with Crippen LogP contribution in [0.25, 0.3) is 0 Å². The second kappa shape index (κ2) is 6.82. The zero-order valence-corrected chi connectivity index (χ0v) is 11.3. The fraction of sp³-hybridized carbons (Fsp3) is 0.250. The third kappa shape index (κ3) is 3.65. The highest BCUT2D eigenvalue weighted by atomic mass is 16.6. The summed E-state index contributed by atoms with van der Waals surface area (Å²) in [6, 6.07) is 17.8. The van der Waals surface area contributed by atoms with Crippen LogP contribution in [-0.2, 0) is 11.3 Å². The minimum atomic E-state index is -0.847. The molecule has 2 unspecified atom stereocenters. The Morgan fingerprint density at radius 2 is 1.60 bits per heavy atom. The Bertz CT molecular complexity index is 542. The maximum Gasteiger partial charge on any atom is 0.263 e. The molecule has 104 valence electrons. The van der Waals surface area contributed by atoms with Crippen molar-refractivity contribution in [2.45, 2.75) is 25.7 Å². The Labute approximate surface area is 118 Å². The van der Waals surface area contributed by atoms with E-state index in [0.717, 1.165) is 5.56 Å². The first-order valence-corrected chi connectivity index (χ1v) is 6.52. The maximum absolute atomic E-state index is 11.3. The van der Waals surface area contributed by atoms with Crippen molar-refractivity contribution in [2.75, 3.05) is 0 Å². The smallest absolute Gasteiger partial charge is 0.263 e. The van der Waals surface area contributed by atoms with Crippen LogP contribution in [0.5, 0.6) is 0 Å². The number of nitrogens with zero attached hydrogens (tertiary/aromatic N) is 1. The highest BCUT2D eigenvalue weighted by molar-refractivity contribution is 5.18. The molecule has 0 fully saturated rings. The molecule has 2 rings (SSSR count). The third-order valence-corrected chi connectivity index (χ3v) is 3.17. The summed E-state index contributed by atoms with van der Waals surface area (Å²) in [6.07, 6.45) is -0.493. The number of nitro groups is 1. The summed E-state index contributed by atoms with van der Waals surface area (Å²) in [7, 11) is 0. The van der Waals surface area contributed by atoms with Gasteiger partial charge in [0.2, 0.25) is 0 Å². The van der Waals surface area contributed by atoms with E-state index in [9.17, 15) is 10.1 Å². The van der Waals surface area contributed by atoms with Gasteiger partial charge in [0.05, 0.1) is 6.61 Å². The lowest BCUT2D eigenvalue weighted by Gasteiger charge is -2.18. The average molecular weight is 271 g/mol. The maximum atomic E-state index is 11.3. The van der Waals surface area contributed by atoms with Crippen molar-refractivity contribution in [2.24, 2.45) is 0 Å². The Balaban J connectivity index is 2.05. The van der Waals surface area contributed by atoms with Gasteiger partial charge in [-0.15, -0.1) is 0 Å². The van der Waals surface area contributed by atoms with Crippen LogP contribution < -0.4 is 0 Å². The number of hydrogen-bond donors (Lipinski definition) is 0. The van der Waals surface area contributed by atoms with Gasteiger partial charge in [-0.05, 0) is 12.5 Å². The van der Waals surface area contributed by atoms with Crippen LogP contribution in [0.3, 0.4) is 0 Å². The largest absolute Gasteiger partial charge is 0.366 e. The highest BCUT2D eigenvalue weighted by Gasteiger charge is 2.30. The zero-order valence-electron chi connectivity index (χ0n) is 11.3. The van der Waals surface area contributed by atoms with Gasteiger partial charge in [-0.1, -0.05) is 60.7 Å². The van der Waals surface area contributed by atoms with E-state index in [-0.39, 0.29) is 4.92 Å². The molecular weight excluding hydrogens is 254 g/mol. The summed E-state index contributed by atoms with van der Waals surface area (Å²) >= 11 is 0. The molecule has 2 aromatic rings. The predicted molar refractivity (Wildman–Crippen MR) is 76.9 cm³/mol. The third-order valence-electron chi connectivity index (χ3n) is 3.17. The molecule has 0 aliphatic heterocycles. The molecule has 20 heavy (non-hydrogen) atoms. The van der Waals surface area contributed by atoms with E-state index in [1.54, 1.807) is 31.2 Å². The fourth-order valence-electron chi connectivity index (χ4n) is 2.11. The van der Waals surface area contributed by atoms with Gasteiger partial charge in [0.1, 0.15) is 6.10 Å². The van der Waals surface area contributed by atoms with Crippen LogP contribution in [-0.4, -0.2) is 11.0 Å². The molecule has 0 aliphatic carbocycles. The first kappa shape index (κ1) is 14.2. The molecule has 4 nitrogen and oxygen atoms in total. The molecule has 0 saturated carbocycles. The van der Waals surface area contributed by atoms with Gasteiger partial charge in [-0.2, -0.15) is 0 Å². The van der Waals surface area contributed by atoms with Crippen molar-refractivity contribution >= 4 is 0 Å². The first-order chi connectivity index (χ1) is 9.68. The van der Waals surface area contributed by atoms with Gasteiger partial charge in [0, 0.05) is 10.5 Å². The summed E-state index contributed by atoms with van der Waals surface area (Å²) < 4.78 is 5.66. The van der Waals surface area contributed by atoms with Crippen molar-refractivity contribution < 1.29 is 9.66 Å². The summed E-state index contributed by atoms with van der Waals surface area (Å²) in [5, 5.41) is 11.3. The van der Waals surface area contributed by atoms with Gasteiger partial charge in [0.15, 0.2) is 0 Å². The van der Waals surface area contributed by atoms with Crippen molar-refractivity contribution in [1.82, 2.24) is 0 Å².